The maximum Gasteiger partial charge on any atom is 0.500 e. The molecule has 0 aliphatic carbocycles. The standard InChI is InChI=1S/C14H31NO5S2Si/c1-6-15(7-2)14(22)20-13(12-21)11-19-9-8-10-23(16-3,17-4)18-5/h13,21H,6-12H2,1-5H3. The molecule has 0 fully saturated rings. The summed E-state index contributed by atoms with van der Waals surface area (Å²) in [5, 5.41) is 0.502. The van der Waals surface area contributed by atoms with Gasteiger partial charge in [-0.3, -0.25) is 0 Å². The van der Waals surface area contributed by atoms with Gasteiger partial charge in [0.15, 0.2) is 0 Å². The minimum Gasteiger partial charge on any atom is -0.464 e. The normalized spacial score (nSPS) is 13.0. The van der Waals surface area contributed by atoms with E-state index >= 15 is 0 Å². The third kappa shape index (κ3) is 8.66. The van der Waals surface area contributed by atoms with Crippen molar-refractivity contribution in [1.29, 1.82) is 0 Å². The Morgan fingerprint density at radius 2 is 1.70 bits per heavy atom. The second kappa shape index (κ2) is 13.4. The van der Waals surface area contributed by atoms with Gasteiger partial charge < -0.3 is 27.7 Å². The van der Waals surface area contributed by atoms with Crippen LogP contribution in [0.3, 0.4) is 0 Å². The molecule has 23 heavy (non-hydrogen) atoms. The van der Waals surface area contributed by atoms with Crippen LogP contribution in [-0.2, 0) is 22.8 Å². The van der Waals surface area contributed by atoms with Crippen LogP contribution in [0, 0.1) is 0 Å². The molecular weight excluding hydrogens is 354 g/mol. The number of hydrogen-bond donors (Lipinski definition) is 1. The van der Waals surface area contributed by atoms with Gasteiger partial charge in [-0.05, 0) is 32.5 Å². The Hall–Kier alpha value is 0.0969. The first-order chi connectivity index (χ1) is 11.0. The number of hydrogen-bond acceptors (Lipinski definition) is 7. The Balaban J connectivity index is 4.07. The van der Waals surface area contributed by atoms with Gasteiger partial charge in [-0.2, -0.15) is 12.6 Å². The maximum absolute atomic E-state index is 5.75. The van der Waals surface area contributed by atoms with E-state index < -0.39 is 8.80 Å². The van der Waals surface area contributed by atoms with Gasteiger partial charge in [0.25, 0.3) is 5.17 Å². The highest BCUT2D eigenvalue weighted by molar-refractivity contribution is 7.80. The third-order valence-corrected chi connectivity index (χ3v) is 7.09. The van der Waals surface area contributed by atoms with Gasteiger partial charge in [0.05, 0.1) is 6.61 Å². The molecule has 0 aliphatic heterocycles. The average molecular weight is 386 g/mol. The van der Waals surface area contributed by atoms with Crippen LogP contribution in [0.2, 0.25) is 6.04 Å². The summed E-state index contributed by atoms with van der Waals surface area (Å²) in [6.45, 7) is 6.77. The van der Waals surface area contributed by atoms with Crippen molar-refractivity contribution in [3.63, 3.8) is 0 Å². The Labute approximate surface area is 152 Å². The van der Waals surface area contributed by atoms with Gasteiger partial charge in [-0.1, -0.05) is 0 Å². The van der Waals surface area contributed by atoms with Crippen LogP contribution >= 0.6 is 24.8 Å². The van der Waals surface area contributed by atoms with Gasteiger partial charge in [0.1, 0.15) is 6.10 Å². The second-order valence-electron chi connectivity index (χ2n) is 4.83. The van der Waals surface area contributed by atoms with Crippen LogP contribution in [0.4, 0.5) is 0 Å². The molecule has 0 aromatic heterocycles. The monoisotopic (exact) mass is 385 g/mol. The molecule has 0 aromatic rings. The van der Waals surface area contributed by atoms with E-state index in [2.05, 4.69) is 12.6 Å². The minimum absolute atomic E-state index is 0.152. The summed E-state index contributed by atoms with van der Waals surface area (Å²) in [6, 6.07) is 0.709. The maximum atomic E-state index is 5.75. The molecular formula is C14H31NO5S2Si. The summed E-state index contributed by atoms with van der Waals surface area (Å²) >= 11 is 9.58. The molecule has 0 radical (unpaired) electrons. The summed E-state index contributed by atoms with van der Waals surface area (Å²) in [6.07, 6.45) is 0.641. The third-order valence-electron chi connectivity index (χ3n) is 3.50. The summed E-state index contributed by atoms with van der Waals surface area (Å²) in [5.41, 5.74) is 0. The Bertz CT molecular complexity index is 309. The lowest BCUT2D eigenvalue weighted by Crippen LogP contribution is -2.42. The van der Waals surface area contributed by atoms with E-state index in [9.17, 15) is 0 Å². The fourth-order valence-corrected chi connectivity index (χ4v) is 4.25. The molecule has 0 aromatic carbocycles. The molecule has 1 atom stereocenters. The summed E-state index contributed by atoms with van der Waals surface area (Å²) in [7, 11) is 2.32. The molecule has 0 heterocycles. The molecule has 138 valence electrons. The van der Waals surface area contributed by atoms with Crippen molar-refractivity contribution in [3.8, 4) is 0 Å². The average Bonchev–Trinajstić information content (AvgIpc) is 2.58. The van der Waals surface area contributed by atoms with Gasteiger partial charge in [-0.15, -0.1) is 0 Å². The van der Waals surface area contributed by atoms with Gasteiger partial charge in [0.2, 0.25) is 0 Å². The largest absolute Gasteiger partial charge is 0.500 e. The zero-order valence-electron chi connectivity index (χ0n) is 14.9. The van der Waals surface area contributed by atoms with E-state index in [1.54, 1.807) is 21.3 Å². The zero-order valence-corrected chi connectivity index (χ0v) is 17.6. The molecule has 0 rings (SSSR count). The first kappa shape index (κ1) is 23.1. The predicted molar refractivity (Wildman–Crippen MR) is 101 cm³/mol. The SMILES string of the molecule is CCN(CC)C(=S)OC(CS)COCCC[Si](OC)(OC)OC. The summed E-state index contributed by atoms with van der Waals surface area (Å²) in [4.78, 5) is 1.99. The van der Waals surface area contributed by atoms with E-state index in [4.69, 9.17) is 35.0 Å². The van der Waals surface area contributed by atoms with Crippen molar-refractivity contribution >= 4 is 38.8 Å². The first-order valence-electron chi connectivity index (χ1n) is 7.81. The molecule has 0 spiro atoms. The van der Waals surface area contributed by atoms with E-state index in [1.165, 1.54) is 0 Å². The summed E-state index contributed by atoms with van der Waals surface area (Å²) in [5.74, 6) is 0.550. The predicted octanol–water partition coefficient (Wildman–Crippen LogP) is 2.21. The smallest absolute Gasteiger partial charge is 0.464 e. The van der Waals surface area contributed by atoms with Crippen molar-refractivity contribution in [2.45, 2.75) is 32.4 Å². The van der Waals surface area contributed by atoms with Gasteiger partial charge in [-0.25, -0.2) is 0 Å². The second-order valence-corrected chi connectivity index (χ2v) is 8.64. The van der Waals surface area contributed by atoms with Crippen molar-refractivity contribution in [1.82, 2.24) is 4.90 Å². The lowest BCUT2D eigenvalue weighted by Gasteiger charge is -2.26. The van der Waals surface area contributed by atoms with Gasteiger partial charge in [0, 0.05) is 52.8 Å². The van der Waals surface area contributed by atoms with Crippen LogP contribution < -0.4 is 0 Å². The van der Waals surface area contributed by atoms with Crippen LogP contribution in [-0.4, -0.2) is 78.4 Å². The topological polar surface area (TPSA) is 49.4 Å². The van der Waals surface area contributed by atoms with E-state index in [-0.39, 0.29) is 6.10 Å². The van der Waals surface area contributed by atoms with Crippen molar-refractivity contribution in [2.24, 2.45) is 0 Å². The minimum atomic E-state index is -2.51. The molecule has 1 unspecified atom stereocenters. The Morgan fingerprint density at radius 1 is 1.13 bits per heavy atom. The highest BCUT2D eigenvalue weighted by Crippen LogP contribution is 2.15. The van der Waals surface area contributed by atoms with E-state index in [0.29, 0.717) is 30.2 Å². The highest BCUT2D eigenvalue weighted by Gasteiger charge is 2.36. The van der Waals surface area contributed by atoms with Crippen molar-refractivity contribution < 1.29 is 22.8 Å². The molecule has 0 saturated heterocycles. The lowest BCUT2D eigenvalue weighted by molar-refractivity contribution is 0.0462. The quantitative estimate of drug-likeness (QED) is 0.226. The van der Waals surface area contributed by atoms with Crippen LogP contribution in [0.5, 0.6) is 0 Å². The van der Waals surface area contributed by atoms with Crippen LogP contribution in [0.15, 0.2) is 0 Å². The molecule has 0 saturated carbocycles. The molecule has 0 amide bonds. The lowest BCUT2D eigenvalue weighted by atomic mass is 10.4. The number of nitrogens with zero attached hydrogens (tertiary/aromatic N) is 1. The zero-order chi connectivity index (χ0) is 17.7. The van der Waals surface area contributed by atoms with Crippen molar-refractivity contribution in [2.75, 3.05) is 53.4 Å². The van der Waals surface area contributed by atoms with E-state index in [0.717, 1.165) is 19.5 Å². The molecule has 0 aliphatic rings. The number of thiol groups is 1. The number of thiocarbonyl (C=S) groups is 1. The Morgan fingerprint density at radius 3 is 2.13 bits per heavy atom. The fraction of sp³-hybridized carbons (Fsp3) is 0.929. The first-order valence-corrected chi connectivity index (χ1v) is 10.8. The molecule has 9 heteroatoms. The van der Waals surface area contributed by atoms with Crippen LogP contribution in [0.1, 0.15) is 20.3 Å². The fourth-order valence-electron chi connectivity index (χ4n) is 1.98. The summed E-state index contributed by atoms with van der Waals surface area (Å²) < 4.78 is 27.5. The molecule has 0 N–H and O–H groups in total. The molecule has 0 bridgehead atoms. The Kier molecular flexibility index (Phi) is 13.5. The van der Waals surface area contributed by atoms with E-state index in [1.807, 2.05) is 18.7 Å². The number of ether oxygens (including phenoxy) is 2. The van der Waals surface area contributed by atoms with Crippen LogP contribution in [0.25, 0.3) is 0 Å². The van der Waals surface area contributed by atoms with Gasteiger partial charge >= 0.3 is 8.80 Å². The number of rotatable bonds is 13. The molecule has 6 nitrogen and oxygen atoms in total. The van der Waals surface area contributed by atoms with Crippen molar-refractivity contribution in [3.05, 3.63) is 0 Å². The highest BCUT2D eigenvalue weighted by atomic mass is 32.1.